The largest absolute Gasteiger partial charge is 0.385 e. The van der Waals surface area contributed by atoms with Crippen molar-refractivity contribution in [3.63, 3.8) is 0 Å². The first-order chi connectivity index (χ1) is 10.1. The van der Waals surface area contributed by atoms with Crippen LogP contribution in [0.25, 0.3) is 0 Å². The second-order valence-electron chi connectivity index (χ2n) is 4.92. The van der Waals surface area contributed by atoms with Crippen LogP contribution in [0.2, 0.25) is 0 Å². The summed E-state index contributed by atoms with van der Waals surface area (Å²) in [5.74, 6) is -0.484. The van der Waals surface area contributed by atoms with Gasteiger partial charge in [-0.1, -0.05) is 6.92 Å². The normalized spacial score (nSPS) is 10.2. The lowest BCUT2D eigenvalue weighted by molar-refractivity contribution is 0.102. The summed E-state index contributed by atoms with van der Waals surface area (Å²) in [4.78, 5) is 12.1. The molecule has 4 heteroatoms. The van der Waals surface area contributed by atoms with Crippen LogP contribution in [0.4, 0.5) is 15.8 Å². The molecule has 1 amide bonds. The lowest BCUT2D eigenvalue weighted by Gasteiger charge is -2.08. The Morgan fingerprint density at radius 2 is 1.76 bits per heavy atom. The van der Waals surface area contributed by atoms with Gasteiger partial charge in [-0.05, 0) is 61.4 Å². The molecule has 0 unspecified atom stereocenters. The number of carbonyl (C=O) groups is 1. The standard InChI is InChI=1S/C17H19FN2O/c1-3-10-19-14-6-4-13(5-7-14)17(21)20-15-8-9-16(18)12(2)11-15/h4-9,11,19H,3,10H2,1-2H3,(H,20,21). The van der Waals surface area contributed by atoms with Gasteiger partial charge >= 0.3 is 0 Å². The minimum Gasteiger partial charge on any atom is -0.385 e. The molecule has 3 nitrogen and oxygen atoms in total. The van der Waals surface area contributed by atoms with Gasteiger partial charge in [-0.2, -0.15) is 0 Å². The minimum absolute atomic E-state index is 0.206. The molecule has 2 rings (SSSR count). The van der Waals surface area contributed by atoms with Crippen molar-refractivity contribution >= 4 is 17.3 Å². The van der Waals surface area contributed by atoms with Crippen molar-refractivity contribution in [1.29, 1.82) is 0 Å². The molecule has 110 valence electrons. The Morgan fingerprint density at radius 1 is 1.10 bits per heavy atom. The summed E-state index contributed by atoms with van der Waals surface area (Å²) in [5, 5.41) is 6.01. The number of halogens is 1. The van der Waals surface area contributed by atoms with Crippen molar-refractivity contribution in [3.05, 3.63) is 59.4 Å². The quantitative estimate of drug-likeness (QED) is 0.864. The van der Waals surface area contributed by atoms with Gasteiger partial charge in [0, 0.05) is 23.5 Å². The number of anilines is 2. The molecule has 0 spiro atoms. The summed E-state index contributed by atoms with van der Waals surface area (Å²) >= 11 is 0. The van der Waals surface area contributed by atoms with Crippen molar-refractivity contribution in [2.75, 3.05) is 17.2 Å². The predicted octanol–water partition coefficient (Wildman–Crippen LogP) is 4.21. The van der Waals surface area contributed by atoms with E-state index in [1.165, 1.54) is 6.07 Å². The highest BCUT2D eigenvalue weighted by Gasteiger charge is 2.07. The van der Waals surface area contributed by atoms with E-state index in [0.29, 0.717) is 16.8 Å². The van der Waals surface area contributed by atoms with Crippen molar-refractivity contribution in [1.82, 2.24) is 0 Å². The second kappa shape index (κ2) is 6.88. The van der Waals surface area contributed by atoms with Crippen LogP contribution in [-0.4, -0.2) is 12.5 Å². The van der Waals surface area contributed by atoms with Crippen LogP contribution in [0.15, 0.2) is 42.5 Å². The number of hydrogen-bond acceptors (Lipinski definition) is 2. The maximum Gasteiger partial charge on any atom is 0.255 e. The highest BCUT2D eigenvalue weighted by atomic mass is 19.1. The van der Waals surface area contributed by atoms with Crippen LogP contribution in [0, 0.1) is 12.7 Å². The third-order valence-corrected chi connectivity index (χ3v) is 3.14. The number of amides is 1. The first kappa shape index (κ1) is 15.0. The van der Waals surface area contributed by atoms with E-state index in [4.69, 9.17) is 0 Å². The predicted molar refractivity (Wildman–Crippen MR) is 84.3 cm³/mol. The van der Waals surface area contributed by atoms with Crippen molar-refractivity contribution in [3.8, 4) is 0 Å². The third kappa shape index (κ3) is 4.05. The molecule has 0 bridgehead atoms. The monoisotopic (exact) mass is 286 g/mol. The molecule has 0 aliphatic rings. The first-order valence-electron chi connectivity index (χ1n) is 7.01. The van der Waals surface area contributed by atoms with Crippen LogP contribution in [0.1, 0.15) is 29.3 Å². The smallest absolute Gasteiger partial charge is 0.255 e. The summed E-state index contributed by atoms with van der Waals surface area (Å²) in [7, 11) is 0. The molecule has 2 aromatic rings. The summed E-state index contributed by atoms with van der Waals surface area (Å²) in [6, 6.07) is 11.8. The van der Waals surface area contributed by atoms with Gasteiger partial charge in [0.25, 0.3) is 5.91 Å². The van der Waals surface area contributed by atoms with Gasteiger partial charge in [0.1, 0.15) is 5.82 Å². The maximum atomic E-state index is 13.2. The average molecular weight is 286 g/mol. The van der Waals surface area contributed by atoms with E-state index in [1.807, 2.05) is 12.1 Å². The Kier molecular flexibility index (Phi) is 4.93. The van der Waals surface area contributed by atoms with Gasteiger partial charge in [-0.15, -0.1) is 0 Å². The molecule has 0 aliphatic carbocycles. The maximum absolute atomic E-state index is 13.2. The van der Waals surface area contributed by atoms with Crippen LogP contribution < -0.4 is 10.6 Å². The number of aryl methyl sites for hydroxylation is 1. The van der Waals surface area contributed by atoms with Crippen LogP contribution in [0.5, 0.6) is 0 Å². The molecule has 0 saturated heterocycles. The molecule has 0 aliphatic heterocycles. The zero-order valence-corrected chi connectivity index (χ0v) is 12.2. The van der Waals surface area contributed by atoms with E-state index >= 15 is 0 Å². The Balaban J connectivity index is 2.04. The zero-order valence-electron chi connectivity index (χ0n) is 12.2. The number of carbonyl (C=O) groups excluding carboxylic acids is 1. The summed E-state index contributed by atoms with van der Waals surface area (Å²) < 4.78 is 13.2. The topological polar surface area (TPSA) is 41.1 Å². The SMILES string of the molecule is CCCNc1ccc(C(=O)Nc2ccc(F)c(C)c2)cc1. The van der Waals surface area contributed by atoms with Crippen LogP contribution >= 0.6 is 0 Å². The summed E-state index contributed by atoms with van der Waals surface area (Å²) in [6.07, 6.45) is 1.05. The molecule has 2 N–H and O–H groups in total. The van der Waals surface area contributed by atoms with Crippen molar-refractivity contribution < 1.29 is 9.18 Å². The Bertz CT molecular complexity index is 623. The summed E-state index contributed by atoms with van der Waals surface area (Å²) in [5.41, 5.74) is 2.66. The van der Waals surface area contributed by atoms with Gasteiger partial charge in [0.05, 0.1) is 0 Å². The molecule has 0 saturated carbocycles. The fraction of sp³-hybridized carbons (Fsp3) is 0.235. The Labute approximate surface area is 124 Å². The van der Waals surface area contributed by atoms with E-state index in [1.54, 1.807) is 31.2 Å². The Hall–Kier alpha value is -2.36. The molecule has 0 radical (unpaired) electrons. The number of nitrogens with one attached hydrogen (secondary N) is 2. The highest BCUT2D eigenvalue weighted by molar-refractivity contribution is 6.04. The van der Waals surface area contributed by atoms with Crippen molar-refractivity contribution in [2.45, 2.75) is 20.3 Å². The van der Waals surface area contributed by atoms with Crippen LogP contribution in [-0.2, 0) is 0 Å². The highest BCUT2D eigenvalue weighted by Crippen LogP contribution is 2.16. The van der Waals surface area contributed by atoms with E-state index in [2.05, 4.69) is 17.6 Å². The Morgan fingerprint density at radius 3 is 2.38 bits per heavy atom. The first-order valence-corrected chi connectivity index (χ1v) is 7.01. The van der Waals surface area contributed by atoms with E-state index in [0.717, 1.165) is 18.7 Å². The van der Waals surface area contributed by atoms with E-state index < -0.39 is 0 Å². The van der Waals surface area contributed by atoms with Gasteiger partial charge in [-0.25, -0.2) is 4.39 Å². The average Bonchev–Trinajstić information content (AvgIpc) is 2.49. The van der Waals surface area contributed by atoms with E-state index in [-0.39, 0.29) is 11.7 Å². The summed E-state index contributed by atoms with van der Waals surface area (Å²) in [6.45, 7) is 4.67. The molecule has 21 heavy (non-hydrogen) atoms. The number of hydrogen-bond donors (Lipinski definition) is 2. The molecular formula is C17H19FN2O. The number of rotatable bonds is 5. The fourth-order valence-corrected chi connectivity index (χ4v) is 1.93. The minimum atomic E-state index is -0.278. The van der Waals surface area contributed by atoms with Crippen LogP contribution in [0.3, 0.4) is 0 Å². The molecule has 0 heterocycles. The second-order valence-corrected chi connectivity index (χ2v) is 4.92. The van der Waals surface area contributed by atoms with Gasteiger partial charge in [-0.3, -0.25) is 4.79 Å². The third-order valence-electron chi connectivity index (χ3n) is 3.14. The zero-order chi connectivity index (χ0) is 15.2. The fourth-order valence-electron chi connectivity index (χ4n) is 1.93. The van der Waals surface area contributed by atoms with E-state index in [9.17, 15) is 9.18 Å². The molecule has 0 fully saturated rings. The molecule has 0 aromatic heterocycles. The van der Waals surface area contributed by atoms with Gasteiger partial charge in [0.15, 0.2) is 0 Å². The molecular weight excluding hydrogens is 267 g/mol. The lowest BCUT2D eigenvalue weighted by Crippen LogP contribution is -2.12. The number of benzene rings is 2. The molecule has 0 atom stereocenters. The van der Waals surface area contributed by atoms with Gasteiger partial charge in [0.2, 0.25) is 0 Å². The lowest BCUT2D eigenvalue weighted by atomic mass is 10.1. The molecule has 2 aromatic carbocycles. The van der Waals surface area contributed by atoms with Gasteiger partial charge < -0.3 is 10.6 Å². The van der Waals surface area contributed by atoms with Crippen molar-refractivity contribution in [2.24, 2.45) is 0 Å².